The summed E-state index contributed by atoms with van der Waals surface area (Å²) in [5.41, 5.74) is 2.24. The number of fused-ring (bicyclic) bond motifs is 1. The summed E-state index contributed by atoms with van der Waals surface area (Å²) in [6.07, 6.45) is 1.42. The minimum atomic E-state index is -0.335. The molecule has 0 saturated carbocycles. The number of hydrogen-bond donors (Lipinski definition) is 0. The van der Waals surface area contributed by atoms with E-state index in [9.17, 15) is 14.0 Å². The van der Waals surface area contributed by atoms with Crippen molar-refractivity contribution >= 4 is 27.5 Å². The number of nitrogens with zero attached hydrogens (tertiary/aromatic N) is 3. The van der Waals surface area contributed by atoms with E-state index in [-0.39, 0.29) is 23.8 Å². The molecule has 0 fully saturated rings. The SMILES string of the molecule is Cc1sc2ncn(CC(=O)N(C)Cc3ccccc3)c(=O)c2c1-c1ccc(F)cc1. The molecule has 1 amide bonds. The van der Waals surface area contributed by atoms with Crippen molar-refractivity contribution in [3.63, 3.8) is 0 Å². The van der Waals surface area contributed by atoms with Gasteiger partial charge >= 0.3 is 0 Å². The Bertz CT molecular complexity index is 1260. The lowest BCUT2D eigenvalue weighted by Crippen LogP contribution is -2.33. The number of carbonyl (C=O) groups excluding carboxylic acids is 1. The fourth-order valence-corrected chi connectivity index (χ4v) is 4.43. The molecule has 5 nitrogen and oxygen atoms in total. The Morgan fingerprint density at radius 3 is 2.53 bits per heavy atom. The highest BCUT2D eigenvalue weighted by molar-refractivity contribution is 7.19. The number of benzene rings is 2. The van der Waals surface area contributed by atoms with Crippen LogP contribution < -0.4 is 5.56 Å². The topological polar surface area (TPSA) is 55.2 Å². The van der Waals surface area contributed by atoms with Crippen LogP contribution in [0.15, 0.2) is 65.7 Å². The van der Waals surface area contributed by atoms with Crippen molar-refractivity contribution in [2.24, 2.45) is 0 Å². The van der Waals surface area contributed by atoms with Crippen LogP contribution in [0, 0.1) is 12.7 Å². The average molecular weight is 421 g/mol. The van der Waals surface area contributed by atoms with Crippen molar-refractivity contribution in [2.75, 3.05) is 7.05 Å². The molecule has 0 saturated heterocycles. The third kappa shape index (κ3) is 3.89. The number of aromatic nitrogens is 2. The summed E-state index contributed by atoms with van der Waals surface area (Å²) in [4.78, 5) is 33.4. The van der Waals surface area contributed by atoms with Gasteiger partial charge in [-0.25, -0.2) is 9.37 Å². The van der Waals surface area contributed by atoms with Crippen LogP contribution in [0.25, 0.3) is 21.3 Å². The van der Waals surface area contributed by atoms with Gasteiger partial charge < -0.3 is 4.90 Å². The molecule has 2 aromatic heterocycles. The van der Waals surface area contributed by atoms with E-state index < -0.39 is 0 Å². The maximum absolute atomic E-state index is 13.3. The summed E-state index contributed by atoms with van der Waals surface area (Å²) in [5, 5.41) is 0.463. The van der Waals surface area contributed by atoms with Crippen LogP contribution in [0.1, 0.15) is 10.4 Å². The van der Waals surface area contributed by atoms with Gasteiger partial charge in [0.15, 0.2) is 0 Å². The highest BCUT2D eigenvalue weighted by Gasteiger charge is 2.19. The van der Waals surface area contributed by atoms with E-state index in [0.717, 1.165) is 21.6 Å². The van der Waals surface area contributed by atoms with Gasteiger partial charge in [0.25, 0.3) is 5.56 Å². The molecule has 0 aliphatic rings. The zero-order valence-electron chi connectivity index (χ0n) is 16.6. The number of hydrogen-bond acceptors (Lipinski definition) is 4. The molecule has 0 aliphatic heterocycles. The van der Waals surface area contributed by atoms with Crippen LogP contribution in [0.3, 0.4) is 0 Å². The summed E-state index contributed by atoms with van der Waals surface area (Å²) >= 11 is 1.41. The molecule has 4 rings (SSSR count). The summed E-state index contributed by atoms with van der Waals surface area (Å²) in [6.45, 7) is 2.28. The number of likely N-dealkylation sites (N-methyl/N-ethyl adjacent to an activating group) is 1. The minimum Gasteiger partial charge on any atom is -0.340 e. The molecule has 152 valence electrons. The number of rotatable bonds is 5. The highest BCUT2D eigenvalue weighted by atomic mass is 32.1. The molecule has 2 heterocycles. The predicted molar refractivity (Wildman–Crippen MR) is 117 cm³/mol. The molecule has 30 heavy (non-hydrogen) atoms. The first-order chi connectivity index (χ1) is 14.4. The van der Waals surface area contributed by atoms with Gasteiger partial charge in [-0.05, 0) is 30.2 Å². The highest BCUT2D eigenvalue weighted by Crippen LogP contribution is 2.35. The molecule has 0 aliphatic carbocycles. The van der Waals surface area contributed by atoms with Crippen LogP contribution >= 0.6 is 11.3 Å². The quantitative estimate of drug-likeness (QED) is 0.485. The normalized spacial score (nSPS) is 11.0. The van der Waals surface area contributed by atoms with Gasteiger partial charge in [-0.3, -0.25) is 14.2 Å². The number of thiophene rings is 1. The van der Waals surface area contributed by atoms with E-state index in [4.69, 9.17) is 0 Å². The Morgan fingerprint density at radius 1 is 1.13 bits per heavy atom. The Morgan fingerprint density at radius 2 is 1.83 bits per heavy atom. The predicted octanol–water partition coefficient (Wildman–Crippen LogP) is 4.23. The van der Waals surface area contributed by atoms with E-state index in [1.807, 2.05) is 37.3 Å². The van der Waals surface area contributed by atoms with Gasteiger partial charge in [0.1, 0.15) is 17.2 Å². The maximum atomic E-state index is 13.3. The fraction of sp³-hybridized carbons (Fsp3) is 0.174. The molecule has 4 aromatic rings. The molecule has 0 spiro atoms. The maximum Gasteiger partial charge on any atom is 0.263 e. The standard InChI is InChI=1S/C23H20FN3O2S/c1-15-20(17-8-10-18(24)11-9-17)21-22(30-15)25-14-27(23(21)29)13-19(28)26(2)12-16-6-4-3-5-7-16/h3-11,14H,12-13H2,1-2H3. The number of amides is 1. The van der Waals surface area contributed by atoms with Gasteiger partial charge in [-0.1, -0.05) is 42.5 Å². The molecular weight excluding hydrogens is 401 g/mol. The monoisotopic (exact) mass is 421 g/mol. The zero-order valence-corrected chi connectivity index (χ0v) is 17.4. The lowest BCUT2D eigenvalue weighted by atomic mass is 10.0. The first-order valence-corrected chi connectivity index (χ1v) is 10.3. The van der Waals surface area contributed by atoms with Crippen molar-refractivity contribution in [1.29, 1.82) is 0 Å². The van der Waals surface area contributed by atoms with Crippen LogP contribution in [0.4, 0.5) is 4.39 Å². The van der Waals surface area contributed by atoms with Gasteiger partial charge in [0, 0.05) is 24.0 Å². The molecule has 2 aromatic carbocycles. The lowest BCUT2D eigenvalue weighted by Gasteiger charge is -2.18. The smallest absolute Gasteiger partial charge is 0.263 e. The van der Waals surface area contributed by atoms with E-state index in [0.29, 0.717) is 16.8 Å². The first-order valence-electron chi connectivity index (χ1n) is 9.46. The Balaban J connectivity index is 1.66. The summed E-state index contributed by atoms with van der Waals surface area (Å²) in [6, 6.07) is 15.7. The second-order valence-corrected chi connectivity index (χ2v) is 8.34. The van der Waals surface area contributed by atoms with Gasteiger partial charge in [0.2, 0.25) is 5.91 Å². The molecule has 0 radical (unpaired) electrons. The van der Waals surface area contributed by atoms with Crippen LogP contribution in [-0.2, 0) is 17.9 Å². The van der Waals surface area contributed by atoms with Crippen LogP contribution in [0.2, 0.25) is 0 Å². The van der Waals surface area contributed by atoms with Crippen molar-refractivity contribution in [3.05, 3.63) is 87.5 Å². The number of carbonyl (C=O) groups is 1. The fourth-order valence-electron chi connectivity index (χ4n) is 3.43. The average Bonchev–Trinajstić information content (AvgIpc) is 3.08. The number of halogens is 1. The van der Waals surface area contributed by atoms with Crippen LogP contribution in [-0.4, -0.2) is 27.4 Å². The lowest BCUT2D eigenvalue weighted by molar-refractivity contribution is -0.131. The van der Waals surface area contributed by atoms with E-state index in [2.05, 4.69) is 4.98 Å². The Labute approximate surface area is 177 Å². The van der Waals surface area contributed by atoms with E-state index >= 15 is 0 Å². The minimum absolute atomic E-state index is 0.0944. The van der Waals surface area contributed by atoms with Gasteiger partial charge in [-0.15, -0.1) is 11.3 Å². The third-order valence-corrected chi connectivity index (χ3v) is 5.99. The molecule has 0 atom stereocenters. The van der Waals surface area contributed by atoms with Crippen molar-refractivity contribution in [1.82, 2.24) is 14.5 Å². The largest absolute Gasteiger partial charge is 0.340 e. The molecular formula is C23H20FN3O2S. The van der Waals surface area contributed by atoms with Gasteiger partial charge in [0.05, 0.1) is 11.7 Å². The third-order valence-electron chi connectivity index (χ3n) is 4.98. The zero-order chi connectivity index (χ0) is 21.3. The van der Waals surface area contributed by atoms with Gasteiger partial charge in [-0.2, -0.15) is 0 Å². The second kappa shape index (κ2) is 8.20. The summed E-state index contributed by atoms with van der Waals surface area (Å²) < 4.78 is 14.7. The molecule has 0 N–H and O–H groups in total. The van der Waals surface area contributed by atoms with Crippen molar-refractivity contribution in [3.8, 4) is 11.1 Å². The van der Waals surface area contributed by atoms with E-state index in [1.54, 1.807) is 24.1 Å². The Hall–Kier alpha value is -3.32. The van der Waals surface area contributed by atoms with Crippen LogP contribution in [0.5, 0.6) is 0 Å². The Kier molecular flexibility index (Phi) is 5.46. The van der Waals surface area contributed by atoms with Crippen molar-refractivity contribution < 1.29 is 9.18 Å². The molecule has 0 bridgehead atoms. The number of aryl methyl sites for hydroxylation is 1. The summed E-state index contributed by atoms with van der Waals surface area (Å²) in [5.74, 6) is -0.518. The van der Waals surface area contributed by atoms with Crippen molar-refractivity contribution in [2.45, 2.75) is 20.0 Å². The van der Waals surface area contributed by atoms with E-state index in [1.165, 1.54) is 34.4 Å². The second-order valence-electron chi connectivity index (χ2n) is 7.13. The summed E-state index contributed by atoms with van der Waals surface area (Å²) in [7, 11) is 1.71. The molecule has 7 heteroatoms. The first kappa shape index (κ1) is 20.0. The molecule has 0 unspecified atom stereocenters.